The summed E-state index contributed by atoms with van der Waals surface area (Å²) in [7, 11) is 1.45. The van der Waals surface area contributed by atoms with E-state index in [1.54, 1.807) is 12.1 Å². The number of rotatable bonds is 5. The number of methoxy groups -OCH3 is 1. The van der Waals surface area contributed by atoms with Crippen molar-refractivity contribution in [2.75, 3.05) is 12.4 Å². The van der Waals surface area contributed by atoms with Gasteiger partial charge in [-0.05, 0) is 31.2 Å². The van der Waals surface area contributed by atoms with Crippen LogP contribution in [0.5, 0.6) is 5.75 Å². The summed E-state index contributed by atoms with van der Waals surface area (Å²) in [5, 5.41) is 4.29. The van der Waals surface area contributed by atoms with Gasteiger partial charge in [-0.2, -0.15) is 0 Å². The number of carbonyl (C=O) groups excluding carboxylic acids is 2. The molecule has 6 nitrogen and oxygen atoms in total. The second kappa shape index (κ2) is 8.06. The second-order valence-electron chi connectivity index (χ2n) is 6.78. The average molecular weight is 425 g/mol. The SMILES string of the molecule is COc1cc2c(cc1NC(=O)[C@@H](C)OC(=O)c1c(F)cccc1F)oc1ccccc12. The quantitative estimate of drug-likeness (QED) is 0.453. The first-order valence-corrected chi connectivity index (χ1v) is 9.34. The summed E-state index contributed by atoms with van der Waals surface area (Å²) in [6.45, 7) is 1.29. The predicted molar refractivity (Wildman–Crippen MR) is 110 cm³/mol. The van der Waals surface area contributed by atoms with E-state index in [4.69, 9.17) is 13.9 Å². The summed E-state index contributed by atoms with van der Waals surface area (Å²) in [5.74, 6) is -3.77. The Labute approximate surface area is 175 Å². The molecule has 4 rings (SSSR count). The first-order chi connectivity index (χ1) is 14.9. The number of anilines is 1. The minimum atomic E-state index is -1.33. The number of halogens is 2. The van der Waals surface area contributed by atoms with E-state index in [1.165, 1.54) is 14.0 Å². The highest BCUT2D eigenvalue weighted by atomic mass is 19.1. The molecule has 0 aliphatic heterocycles. The summed E-state index contributed by atoms with van der Waals surface area (Å²) < 4.78 is 43.7. The number of fused-ring (bicyclic) bond motifs is 3. The summed E-state index contributed by atoms with van der Waals surface area (Å²) in [5.41, 5.74) is 0.634. The Kier molecular flexibility index (Phi) is 5.29. The largest absolute Gasteiger partial charge is 0.495 e. The highest BCUT2D eigenvalue weighted by Crippen LogP contribution is 2.36. The number of ether oxygens (including phenoxy) is 2. The summed E-state index contributed by atoms with van der Waals surface area (Å²) in [6, 6.07) is 13.8. The zero-order valence-corrected chi connectivity index (χ0v) is 16.6. The maximum absolute atomic E-state index is 13.8. The monoisotopic (exact) mass is 425 g/mol. The van der Waals surface area contributed by atoms with Crippen LogP contribution in [0.3, 0.4) is 0 Å². The van der Waals surface area contributed by atoms with Crippen LogP contribution in [-0.2, 0) is 9.53 Å². The number of nitrogens with one attached hydrogen (secondary N) is 1. The number of benzene rings is 3. The topological polar surface area (TPSA) is 77.8 Å². The lowest BCUT2D eigenvalue weighted by Gasteiger charge is -2.15. The third-order valence-corrected chi connectivity index (χ3v) is 4.78. The highest BCUT2D eigenvalue weighted by Gasteiger charge is 2.25. The average Bonchev–Trinajstić information content (AvgIpc) is 3.10. The zero-order valence-electron chi connectivity index (χ0n) is 16.6. The third-order valence-electron chi connectivity index (χ3n) is 4.78. The molecule has 31 heavy (non-hydrogen) atoms. The molecular weight excluding hydrogens is 408 g/mol. The Balaban J connectivity index is 1.57. The van der Waals surface area contributed by atoms with Crippen molar-refractivity contribution in [3.8, 4) is 5.75 Å². The van der Waals surface area contributed by atoms with Crippen molar-refractivity contribution in [2.45, 2.75) is 13.0 Å². The molecule has 0 radical (unpaired) electrons. The van der Waals surface area contributed by atoms with Crippen LogP contribution in [0.15, 0.2) is 59.0 Å². The van der Waals surface area contributed by atoms with Crippen molar-refractivity contribution in [2.24, 2.45) is 0 Å². The summed E-state index contributed by atoms with van der Waals surface area (Å²) >= 11 is 0. The molecule has 1 aromatic heterocycles. The van der Waals surface area contributed by atoms with Gasteiger partial charge in [-0.1, -0.05) is 24.3 Å². The number of para-hydroxylation sites is 1. The Bertz CT molecular complexity index is 1290. The lowest BCUT2D eigenvalue weighted by atomic mass is 10.1. The Morgan fingerprint density at radius 1 is 0.968 bits per heavy atom. The maximum Gasteiger partial charge on any atom is 0.344 e. The van der Waals surface area contributed by atoms with Gasteiger partial charge >= 0.3 is 5.97 Å². The van der Waals surface area contributed by atoms with Crippen LogP contribution in [0.1, 0.15) is 17.3 Å². The third kappa shape index (κ3) is 3.79. The van der Waals surface area contributed by atoms with Gasteiger partial charge in [0.25, 0.3) is 5.91 Å². The maximum atomic E-state index is 13.8. The van der Waals surface area contributed by atoms with Gasteiger partial charge in [0.2, 0.25) is 0 Å². The standard InChI is InChI=1S/C23H17F2NO5/c1-12(30-23(28)21-15(24)7-5-8-16(21)25)22(27)26-17-11-19-14(10-20(17)29-2)13-6-3-4-9-18(13)31-19/h3-12H,1-2H3,(H,26,27)/t12-/m1/s1. The number of amides is 1. The summed E-state index contributed by atoms with van der Waals surface area (Å²) in [4.78, 5) is 24.7. The van der Waals surface area contributed by atoms with E-state index in [-0.39, 0.29) is 0 Å². The molecule has 3 aromatic carbocycles. The molecule has 1 atom stereocenters. The van der Waals surface area contributed by atoms with E-state index in [0.717, 1.165) is 29.0 Å². The summed E-state index contributed by atoms with van der Waals surface area (Å²) in [6.07, 6.45) is -1.33. The van der Waals surface area contributed by atoms with E-state index < -0.39 is 35.2 Å². The zero-order chi connectivity index (χ0) is 22.1. The van der Waals surface area contributed by atoms with Crippen LogP contribution in [0.25, 0.3) is 21.9 Å². The van der Waals surface area contributed by atoms with Crippen molar-refractivity contribution in [3.05, 3.63) is 71.8 Å². The first kappa shape index (κ1) is 20.3. The van der Waals surface area contributed by atoms with Crippen molar-refractivity contribution >= 4 is 39.5 Å². The van der Waals surface area contributed by atoms with Crippen LogP contribution < -0.4 is 10.1 Å². The number of esters is 1. The van der Waals surface area contributed by atoms with Crippen LogP contribution in [-0.4, -0.2) is 25.1 Å². The van der Waals surface area contributed by atoms with E-state index in [0.29, 0.717) is 22.6 Å². The Morgan fingerprint density at radius 2 is 1.68 bits per heavy atom. The molecule has 0 bridgehead atoms. The minimum absolute atomic E-state index is 0.291. The molecule has 1 heterocycles. The molecule has 1 amide bonds. The molecule has 0 unspecified atom stereocenters. The molecule has 1 N–H and O–H groups in total. The molecule has 4 aromatic rings. The number of carbonyl (C=O) groups is 2. The van der Waals surface area contributed by atoms with Crippen molar-refractivity contribution in [1.29, 1.82) is 0 Å². The van der Waals surface area contributed by atoms with Crippen LogP contribution in [0, 0.1) is 11.6 Å². The minimum Gasteiger partial charge on any atom is -0.495 e. The lowest BCUT2D eigenvalue weighted by molar-refractivity contribution is -0.123. The highest BCUT2D eigenvalue weighted by molar-refractivity contribution is 6.08. The van der Waals surface area contributed by atoms with Gasteiger partial charge in [0.05, 0.1) is 12.8 Å². The fourth-order valence-electron chi connectivity index (χ4n) is 3.22. The van der Waals surface area contributed by atoms with Crippen LogP contribution in [0.4, 0.5) is 14.5 Å². The fraction of sp³-hybridized carbons (Fsp3) is 0.130. The molecule has 0 saturated carbocycles. The smallest absolute Gasteiger partial charge is 0.344 e. The van der Waals surface area contributed by atoms with Gasteiger partial charge in [-0.15, -0.1) is 0 Å². The fourth-order valence-corrected chi connectivity index (χ4v) is 3.22. The van der Waals surface area contributed by atoms with Crippen LogP contribution in [0.2, 0.25) is 0 Å². The van der Waals surface area contributed by atoms with Gasteiger partial charge in [0, 0.05) is 16.8 Å². The number of furan rings is 1. The molecule has 0 aliphatic carbocycles. The van der Waals surface area contributed by atoms with Gasteiger partial charge in [-0.3, -0.25) is 4.79 Å². The molecule has 158 valence electrons. The second-order valence-corrected chi connectivity index (χ2v) is 6.78. The number of hydrogen-bond donors (Lipinski definition) is 1. The van der Waals surface area contributed by atoms with Gasteiger partial charge in [-0.25, -0.2) is 13.6 Å². The molecule has 0 fully saturated rings. The van der Waals surface area contributed by atoms with E-state index in [2.05, 4.69) is 5.32 Å². The normalized spacial score (nSPS) is 12.0. The van der Waals surface area contributed by atoms with Crippen molar-refractivity contribution < 1.29 is 32.3 Å². The van der Waals surface area contributed by atoms with E-state index in [9.17, 15) is 18.4 Å². The van der Waals surface area contributed by atoms with Gasteiger partial charge in [0.1, 0.15) is 34.1 Å². The Morgan fingerprint density at radius 3 is 2.39 bits per heavy atom. The van der Waals surface area contributed by atoms with Gasteiger partial charge < -0.3 is 19.2 Å². The predicted octanol–water partition coefficient (Wildman–Crippen LogP) is 5.06. The molecule has 0 saturated heterocycles. The molecule has 0 aliphatic rings. The molecular formula is C23H17F2NO5. The van der Waals surface area contributed by atoms with E-state index in [1.807, 2.05) is 24.3 Å². The van der Waals surface area contributed by atoms with Crippen molar-refractivity contribution in [3.63, 3.8) is 0 Å². The molecule has 0 spiro atoms. The Hall–Kier alpha value is -3.94. The number of hydrogen-bond acceptors (Lipinski definition) is 5. The first-order valence-electron chi connectivity index (χ1n) is 9.34. The van der Waals surface area contributed by atoms with E-state index >= 15 is 0 Å². The lowest BCUT2D eigenvalue weighted by Crippen LogP contribution is -2.30. The van der Waals surface area contributed by atoms with Gasteiger partial charge in [0.15, 0.2) is 6.10 Å². The van der Waals surface area contributed by atoms with Crippen LogP contribution >= 0.6 is 0 Å². The molecule has 8 heteroatoms. The van der Waals surface area contributed by atoms with Crippen molar-refractivity contribution in [1.82, 2.24) is 0 Å².